The Labute approximate surface area is 198 Å². The number of fused-ring (bicyclic) bond motifs is 1. The van der Waals surface area contributed by atoms with Gasteiger partial charge >= 0.3 is 0 Å². The first kappa shape index (κ1) is 22.9. The molecular formula is C26H28N4O2S. The van der Waals surface area contributed by atoms with Crippen molar-refractivity contribution in [1.82, 2.24) is 14.9 Å². The Morgan fingerprint density at radius 2 is 1.76 bits per heavy atom. The van der Waals surface area contributed by atoms with Crippen LogP contribution in [-0.4, -0.2) is 41.0 Å². The van der Waals surface area contributed by atoms with Crippen molar-refractivity contribution >= 4 is 33.3 Å². The number of carbonyl (C=O) groups excluding carboxylic acids is 1. The second-order valence-electron chi connectivity index (χ2n) is 7.64. The van der Waals surface area contributed by atoms with Crippen LogP contribution in [-0.2, 0) is 17.9 Å². The van der Waals surface area contributed by atoms with Crippen LogP contribution in [0.2, 0.25) is 0 Å². The summed E-state index contributed by atoms with van der Waals surface area (Å²) in [6, 6.07) is 18.0. The molecular weight excluding hydrogens is 432 g/mol. The van der Waals surface area contributed by atoms with Crippen LogP contribution in [0.5, 0.6) is 0 Å². The van der Waals surface area contributed by atoms with Gasteiger partial charge in [0.25, 0.3) is 5.91 Å². The normalized spacial score (nSPS) is 11.0. The van der Waals surface area contributed by atoms with Gasteiger partial charge in [0.05, 0.1) is 5.39 Å². The fraction of sp³-hybridized carbons (Fsp3) is 0.269. The number of hydrogen-bond donors (Lipinski definition) is 1. The maximum absolute atomic E-state index is 12.6. The first-order valence-corrected chi connectivity index (χ1v) is 12.0. The summed E-state index contributed by atoms with van der Waals surface area (Å²) in [5.41, 5.74) is 4.03. The van der Waals surface area contributed by atoms with Crippen molar-refractivity contribution in [2.24, 2.45) is 0 Å². The molecule has 2 aromatic heterocycles. The summed E-state index contributed by atoms with van der Waals surface area (Å²) in [7, 11) is 1.64. The number of amides is 1. The Kier molecular flexibility index (Phi) is 7.32. The summed E-state index contributed by atoms with van der Waals surface area (Å²) in [5, 5.41) is 6.64. The Morgan fingerprint density at radius 3 is 2.42 bits per heavy atom. The fourth-order valence-electron chi connectivity index (χ4n) is 3.78. The average Bonchev–Trinajstić information content (AvgIpc) is 3.28. The molecule has 0 saturated heterocycles. The van der Waals surface area contributed by atoms with Crippen molar-refractivity contribution in [3.8, 4) is 11.1 Å². The summed E-state index contributed by atoms with van der Waals surface area (Å²) < 4.78 is 5.28. The largest absolute Gasteiger partial charge is 0.377 e. The van der Waals surface area contributed by atoms with E-state index in [2.05, 4.69) is 22.8 Å². The van der Waals surface area contributed by atoms with Crippen LogP contribution in [0.25, 0.3) is 21.3 Å². The van der Waals surface area contributed by atoms with Gasteiger partial charge in [-0.2, -0.15) is 0 Å². The minimum absolute atomic E-state index is 0.0620. The molecule has 4 aromatic rings. The minimum Gasteiger partial charge on any atom is -0.377 e. The summed E-state index contributed by atoms with van der Waals surface area (Å²) in [6.45, 7) is 6.34. The van der Waals surface area contributed by atoms with E-state index in [9.17, 15) is 4.79 Å². The van der Waals surface area contributed by atoms with Crippen molar-refractivity contribution in [3.05, 3.63) is 76.9 Å². The SMILES string of the molecule is CCN(CC)C(=O)c1ccc(CNc2nc(COC)nc3scc(-c4ccccc4)c23)cc1. The third-order valence-electron chi connectivity index (χ3n) is 5.55. The number of nitrogens with zero attached hydrogens (tertiary/aromatic N) is 3. The second kappa shape index (κ2) is 10.6. The second-order valence-corrected chi connectivity index (χ2v) is 8.50. The van der Waals surface area contributed by atoms with Crippen molar-refractivity contribution < 1.29 is 9.53 Å². The van der Waals surface area contributed by atoms with E-state index < -0.39 is 0 Å². The number of rotatable bonds is 9. The zero-order valence-electron chi connectivity index (χ0n) is 19.2. The topological polar surface area (TPSA) is 67.4 Å². The van der Waals surface area contributed by atoms with Gasteiger partial charge in [0.1, 0.15) is 17.3 Å². The first-order chi connectivity index (χ1) is 16.1. The lowest BCUT2D eigenvalue weighted by molar-refractivity contribution is 0.0773. The van der Waals surface area contributed by atoms with Crippen LogP contribution < -0.4 is 5.32 Å². The summed E-state index contributed by atoms with van der Waals surface area (Å²) >= 11 is 1.61. The molecule has 2 aromatic carbocycles. The Hall–Kier alpha value is -3.29. The monoisotopic (exact) mass is 460 g/mol. The lowest BCUT2D eigenvalue weighted by Crippen LogP contribution is -2.30. The number of nitrogens with one attached hydrogen (secondary N) is 1. The molecule has 0 aliphatic rings. The molecule has 6 nitrogen and oxygen atoms in total. The molecule has 0 bridgehead atoms. The zero-order valence-corrected chi connectivity index (χ0v) is 20.0. The molecule has 2 heterocycles. The molecule has 0 aliphatic carbocycles. The maximum Gasteiger partial charge on any atom is 0.253 e. The van der Waals surface area contributed by atoms with Gasteiger partial charge in [0.15, 0.2) is 5.82 Å². The maximum atomic E-state index is 12.6. The number of methoxy groups -OCH3 is 1. The molecule has 0 aliphatic heterocycles. The molecule has 0 fully saturated rings. The quantitative estimate of drug-likeness (QED) is 0.352. The van der Waals surface area contributed by atoms with E-state index in [-0.39, 0.29) is 5.91 Å². The molecule has 0 atom stereocenters. The van der Waals surface area contributed by atoms with Gasteiger partial charge in [0, 0.05) is 43.3 Å². The lowest BCUT2D eigenvalue weighted by atomic mass is 10.1. The van der Waals surface area contributed by atoms with E-state index in [0.29, 0.717) is 37.6 Å². The number of hydrogen-bond acceptors (Lipinski definition) is 6. The third-order valence-corrected chi connectivity index (χ3v) is 6.42. The highest BCUT2D eigenvalue weighted by atomic mass is 32.1. The highest BCUT2D eigenvalue weighted by molar-refractivity contribution is 7.17. The summed E-state index contributed by atoms with van der Waals surface area (Å²) in [5.74, 6) is 1.50. The molecule has 170 valence electrons. The van der Waals surface area contributed by atoms with Crippen LogP contribution in [0.15, 0.2) is 60.0 Å². The van der Waals surface area contributed by atoms with Crippen LogP contribution >= 0.6 is 11.3 Å². The Bertz CT molecular complexity index is 1220. The van der Waals surface area contributed by atoms with Crippen molar-refractivity contribution in [2.45, 2.75) is 27.0 Å². The molecule has 1 amide bonds. The predicted molar refractivity (Wildman–Crippen MR) is 135 cm³/mol. The number of aromatic nitrogens is 2. The van der Waals surface area contributed by atoms with E-state index in [1.54, 1.807) is 18.4 Å². The van der Waals surface area contributed by atoms with Crippen LogP contribution in [0.1, 0.15) is 35.6 Å². The molecule has 0 saturated carbocycles. The zero-order chi connectivity index (χ0) is 23.2. The standard InChI is InChI=1S/C26H28N4O2S/c1-4-30(5-2)26(31)20-13-11-18(12-14-20)15-27-24-23-21(19-9-7-6-8-10-19)17-33-25(23)29-22(28-24)16-32-3/h6-14,17H,4-5,15-16H2,1-3H3,(H,27,28,29). The van der Waals surface area contributed by atoms with Gasteiger partial charge < -0.3 is 15.0 Å². The molecule has 0 radical (unpaired) electrons. The first-order valence-electron chi connectivity index (χ1n) is 11.1. The summed E-state index contributed by atoms with van der Waals surface area (Å²) in [4.78, 5) is 24.8. The fourth-order valence-corrected chi connectivity index (χ4v) is 4.75. The van der Waals surface area contributed by atoms with Gasteiger partial charge in [-0.05, 0) is 37.1 Å². The minimum atomic E-state index is 0.0620. The van der Waals surface area contributed by atoms with Crippen molar-refractivity contribution in [2.75, 3.05) is 25.5 Å². The Balaban J connectivity index is 1.61. The average molecular weight is 461 g/mol. The molecule has 1 N–H and O–H groups in total. The van der Waals surface area contributed by atoms with Crippen LogP contribution in [0.3, 0.4) is 0 Å². The summed E-state index contributed by atoms with van der Waals surface area (Å²) in [6.07, 6.45) is 0. The smallest absolute Gasteiger partial charge is 0.253 e. The number of thiophene rings is 1. The Morgan fingerprint density at radius 1 is 1.03 bits per heavy atom. The van der Waals surface area contributed by atoms with Gasteiger partial charge in [-0.15, -0.1) is 11.3 Å². The van der Waals surface area contributed by atoms with Crippen LogP contribution in [0, 0.1) is 0 Å². The van der Waals surface area contributed by atoms with Crippen molar-refractivity contribution in [1.29, 1.82) is 0 Å². The number of anilines is 1. The van der Waals surface area contributed by atoms with Gasteiger partial charge in [-0.1, -0.05) is 42.5 Å². The number of carbonyl (C=O) groups is 1. The third kappa shape index (κ3) is 5.05. The molecule has 0 spiro atoms. The van der Waals surface area contributed by atoms with E-state index in [1.807, 2.05) is 61.2 Å². The lowest BCUT2D eigenvalue weighted by Gasteiger charge is -2.18. The van der Waals surface area contributed by atoms with E-state index >= 15 is 0 Å². The van der Waals surface area contributed by atoms with Gasteiger partial charge in [-0.25, -0.2) is 9.97 Å². The van der Waals surface area contributed by atoms with Gasteiger partial charge in [0.2, 0.25) is 0 Å². The molecule has 7 heteroatoms. The van der Waals surface area contributed by atoms with Gasteiger partial charge in [-0.3, -0.25) is 4.79 Å². The van der Waals surface area contributed by atoms with E-state index in [0.717, 1.165) is 32.7 Å². The molecule has 0 unspecified atom stereocenters. The number of benzene rings is 2. The highest BCUT2D eigenvalue weighted by Crippen LogP contribution is 2.37. The van der Waals surface area contributed by atoms with E-state index in [4.69, 9.17) is 14.7 Å². The van der Waals surface area contributed by atoms with Crippen LogP contribution in [0.4, 0.5) is 5.82 Å². The predicted octanol–water partition coefficient (Wildman–Crippen LogP) is 5.60. The van der Waals surface area contributed by atoms with Crippen molar-refractivity contribution in [3.63, 3.8) is 0 Å². The number of ether oxygens (including phenoxy) is 1. The molecule has 4 rings (SSSR count). The molecule has 33 heavy (non-hydrogen) atoms. The highest BCUT2D eigenvalue weighted by Gasteiger charge is 2.16. The van der Waals surface area contributed by atoms with E-state index in [1.165, 1.54) is 0 Å².